The number of carboxylic acids is 2. The van der Waals surface area contributed by atoms with E-state index >= 15 is 0 Å². The van der Waals surface area contributed by atoms with Crippen LogP contribution >= 0.6 is 11.6 Å². The minimum Gasteiger partial charge on any atom is -0.473 e. The number of halogens is 1. The van der Waals surface area contributed by atoms with E-state index in [0.29, 0.717) is 52.5 Å². The van der Waals surface area contributed by atoms with E-state index in [1.54, 1.807) is 18.2 Å². The largest absolute Gasteiger partial charge is 0.473 e. The molecule has 13 heteroatoms. The number of aliphatic hydroxyl groups is 1. The van der Waals surface area contributed by atoms with Crippen LogP contribution in [0.25, 0.3) is 0 Å². The summed E-state index contributed by atoms with van der Waals surface area (Å²) in [6.07, 6.45) is -0.445. The van der Waals surface area contributed by atoms with Crippen molar-refractivity contribution in [2.45, 2.75) is 11.0 Å². The van der Waals surface area contributed by atoms with Gasteiger partial charge in [-0.25, -0.2) is 18.0 Å². The number of hydrogen-bond donors (Lipinski definition) is 3. The van der Waals surface area contributed by atoms with Crippen LogP contribution in [0.1, 0.15) is 0 Å². The van der Waals surface area contributed by atoms with Gasteiger partial charge in [-0.1, -0.05) is 23.7 Å². The molecule has 0 aromatic heterocycles. The van der Waals surface area contributed by atoms with E-state index in [1.807, 2.05) is 0 Å². The van der Waals surface area contributed by atoms with Gasteiger partial charge >= 0.3 is 11.9 Å². The fourth-order valence-electron chi connectivity index (χ4n) is 3.38. The molecule has 0 saturated carbocycles. The number of benzene rings is 1. The highest BCUT2D eigenvalue weighted by Crippen LogP contribution is 2.25. The molecule has 0 bridgehead atoms. The summed E-state index contributed by atoms with van der Waals surface area (Å²) in [7, 11) is -3.58. The Morgan fingerprint density at radius 3 is 1.94 bits per heavy atom. The van der Waals surface area contributed by atoms with Crippen molar-refractivity contribution >= 4 is 33.6 Å². The SMILES string of the molecule is O=C(O)C(=O)O.O=S(=O)(c1ccccc1Cl)N1CCN(CC(O)CN2CCOCC2)CC1. The molecule has 3 N–H and O–H groups in total. The Hall–Kier alpha value is -1.80. The fraction of sp³-hybridized carbons (Fsp3) is 0.579. The predicted octanol–water partition coefficient (Wildman–Crippen LogP) is -0.505. The Bertz CT molecular complexity index is 859. The zero-order chi connectivity index (χ0) is 23.7. The fourth-order valence-corrected chi connectivity index (χ4v) is 5.30. The highest BCUT2D eigenvalue weighted by molar-refractivity contribution is 7.89. The number of sulfonamides is 1. The normalized spacial score (nSPS) is 19.6. The van der Waals surface area contributed by atoms with Crippen LogP contribution in [0.4, 0.5) is 0 Å². The summed E-state index contributed by atoms with van der Waals surface area (Å²) >= 11 is 6.06. The summed E-state index contributed by atoms with van der Waals surface area (Å²) in [5.41, 5.74) is 0. The standard InChI is InChI=1S/C17H26ClN3O4S.C2H2O4/c18-16-3-1-2-4-17(16)26(23,24)21-7-5-19(6-8-21)13-15(22)14-20-9-11-25-12-10-20;3-1(4)2(5)6/h1-4,15,22H,5-14H2;(H,3,4)(H,5,6). The molecule has 2 saturated heterocycles. The second-order valence-electron chi connectivity index (χ2n) is 7.31. The van der Waals surface area contributed by atoms with E-state index in [0.717, 1.165) is 13.1 Å². The zero-order valence-corrected chi connectivity index (χ0v) is 19.0. The van der Waals surface area contributed by atoms with Crippen LogP contribution < -0.4 is 0 Å². The molecule has 1 atom stereocenters. The van der Waals surface area contributed by atoms with Crippen LogP contribution in [0.15, 0.2) is 29.2 Å². The summed E-state index contributed by atoms with van der Waals surface area (Å²) in [5.74, 6) is -3.65. The quantitative estimate of drug-likeness (QED) is 0.442. The predicted molar refractivity (Wildman–Crippen MR) is 115 cm³/mol. The molecule has 2 heterocycles. The summed E-state index contributed by atoms with van der Waals surface area (Å²) < 4.78 is 32.3. The van der Waals surface area contributed by atoms with Crippen molar-refractivity contribution in [3.8, 4) is 0 Å². The highest BCUT2D eigenvalue weighted by atomic mass is 35.5. The van der Waals surface area contributed by atoms with Crippen LogP contribution in [0.5, 0.6) is 0 Å². The lowest BCUT2D eigenvalue weighted by molar-refractivity contribution is -0.159. The van der Waals surface area contributed by atoms with E-state index in [2.05, 4.69) is 9.80 Å². The Morgan fingerprint density at radius 2 is 1.44 bits per heavy atom. The van der Waals surface area contributed by atoms with Gasteiger partial charge in [-0.3, -0.25) is 9.80 Å². The number of nitrogens with zero attached hydrogens (tertiary/aromatic N) is 3. The first-order valence-corrected chi connectivity index (χ1v) is 11.8. The van der Waals surface area contributed by atoms with E-state index in [9.17, 15) is 13.5 Å². The number of aliphatic hydroxyl groups excluding tert-OH is 1. The molecule has 1 aromatic rings. The first-order valence-electron chi connectivity index (χ1n) is 10.0. The van der Waals surface area contributed by atoms with E-state index in [1.165, 1.54) is 10.4 Å². The van der Waals surface area contributed by atoms with Gasteiger partial charge in [0.05, 0.1) is 24.3 Å². The van der Waals surface area contributed by atoms with Crippen LogP contribution in [-0.4, -0.2) is 121 Å². The first-order chi connectivity index (χ1) is 15.1. The summed E-state index contributed by atoms with van der Waals surface area (Å²) in [6.45, 7) is 6.31. The minimum absolute atomic E-state index is 0.155. The summed E-state index contributed by atoms with van der Waals surface area (Å²) in [6, 6.07) is 6.52. The molecule has 0 radical (unpaired) electrons. The first kappa shape index (κ1) is 26.5. The third-order valence-electron chi connectivity index (χ3n) is 5.01. The summed E-state index contributed by atoms with van der Waals surface area (Å²) in [5, 5.41) is 25.3. The number of β-amino-alcohol motifs (C(OH)–C–C–N with tert-alkyl or cyclic N) is 1. The molecule has 2 aliphatic heterocycles. The lowest BCUT2D eigenvalue weighted by atomic mass is 10.2. The monoisotopic (exact) mass is 493 g/mol. The number of rotatable bonds is 6. The van der Waals surface area contributed by atoms with Gasteiger partial charge in [-0.2, -0.15) is 4.31 Å². The number of piperazine rings is 1. The van der Waals surface area contributed by atoms with Crippen LogP contribution in [0.3, 0.4) is 0 Å². The number of morpholine rings is 1. The third-order valence-corrected chi connectivity index (χ3v) is 7.41. The van der Waals surface area contributed by atoms with Crippen molar-refractivity contribution in [1.82, 2.24) is 14.1 Å². The lowest BCUT2D eigenvalue weighted by Gasteiger charge is -2.36. The van der Waals surface area contributed by atoms with Gasteiger partial charge in [0, 0.05) is 52.4 Å². The lowest BCUT2D eigenvalue weighted by Crippen LogP contribution is -2.52. The maximum absolute atomic E-state index is 12.8. The Kier molecular flexibility index (Phi) is 10.3. The molecule has 0 amide bonds. The molecule has 1 aromatic carbocycles. The van der Waals surface area contributed by atoms with Crippen molar-refractivity contribution in [2.24, 2.45) is 0 Å². The van der Waals surface area contributed by atoms with Crippen molar-refractivity contribution < 1.29 is 38.1 Å². The van der Waals surface area contributed by atoms with Crippen molar-refractivity contribution in [2.75, 3.05) is 65.6 Å². The molecule has 180 valence electrons. The van der Waals surface area contributed by atoms with Crippen LogP contribution in [0.2, 0.25) is 5.02 Å². The molecule has 0 aliphatic carbocycles. The Balaban J connectivity index is 0.000000534. The molecular formula is C19H28ClN3O8S. The van der Waals surface area contributed by atoms with Crippen molar-refractivity contribution in [3.05, 3.63) is 29.3 Å². The van der Waals surface area contributed by atoms with Gasteiger partial charge < -0.3 is 20.1 Å². The van der Waals surface area contributed by atoms with Gasteiger partial charge in [0.15, 0.2) is 0 Å². The van der Waals surface area contributed by atoms with E-state index in [-0.39, 0.29) is 9.92 Å². The maximum Gasteiger partial charge on any atom is 0.414 e. The Morgan fingerprint density at radius 1 is 0.938 bits per heavy atom. The van der Waals surface area contributed by atoms with Crippen molar-refractivity contribution in [1.29, 1.82) is 0 Å². The average Bonchev–Trinajstić information content (AvgIpc) is 2.75. The average molecular weight is 494 g/mol. The van der Waals surface area contributed by atoms with Gasteiger partial charge in [0.25, 0.3) is 0 Å². The second kappa shape index (κ2) is 12.4. The minimum atomic E-state index is -3.58. The molecule has 1 unspecified atom stereocenters. The summed E-state index contributed by atoms with van der Waals surface area (Å²) in [4.78, 5) is 22.7. The van der Waals surface area contributed by atoms with E-state index < -0.39 is 28.1 Å². The molecule has 3 rings (SSSR count). The third kappa shape index (κ3) is 7.96. The highest BCUT2D eigenvalue weighted by Gasteiger charge is 2.30. The number of carboxylic acid groups (broad SMARTS) is 2. The topological polar surface area (TPSA) is 148 Å². The van der Waals surface area contributed by atoms with E-state index in [4.69, 9.17) is 36.1 Å². The smallest absolute Gasteiger partial charge is 0.414 e. The Labute approximate surface area is 191 Å². The zero-order valence-electron chi connectivity index (χ0n) is 17.5. The van der Waals surface area contributed by atoms with Gasteiger partial charge in [0.2, 0.25) is 10.0 Å². The molecule has 11 nitrogen and oxygen atoms in total. The van der Waals surface area contributed by atoms with Crippen molar-refractivity contribution in [3.63, 3.8) is 0 Å². The second-order valence-corrected chi connectivity index (χ2v) is 9.63. The number of carbonyl (C=O) groups is 2. The van der Waals surface area contributed by atoms with Crippen LogP contribution in [-0.2, 0) is 24.3 Å². The molecule has 0 spiro atoms. The van der Waals surface area contributed by atoms with Gasteiger partial charge in [-0.05, 0) is 12.1 Å². The number of ether oxygens (including phenoxy) is 1. The van der Waals surface area contributed by atoms with Crippen LogP contribution in [0, 0.1) is 0 Å². The number of hydrogen-bond acceptors (Lipinski definition) is 8. The maximum atomic E-state index is 12.8. The number of aliphatic carboxylic acids is 2. The molecule has 2 aliphatic rings. The molecule has 32 heavy (non-hydrogen) atoms. The molecular weight excluding hydrogens is 466 g/mol. The van der Waals surface area contributed by atoms with Gasteiger partial charge in [-0.15, -0.1) is 0 Å². The van der Waals surface area contributed by atoms with Gasteiger partial charge in [0.1, 0.15) is 4.90 Å². The molecule has 2 fully saturated rings.